The molecule has 0 amide bonds. The number of hydrogen-bond acceptors (Lipinski definition) is 7. The number of azo groups is 1. The Morgan fingerprint density at radius 3 is 2.04 bits per heavy atom. The number of aliphatic imine (C=N–C) groups is 1. The lowest BCUT2D eigenvalue weighted by Gasteiger charge is -2.05. The second-order valence-corrected chi connectivity index (χ2v) is 5.67. The standard InChI is InChI=1S/C21H21N3O4/c1-3-20(25)27-15-5-4-6-21(26)28-19-13-11-18(12-14-19)24-23-17-9-7-16(22-2)8-10-17/h3,7-14H,1-2,4-6,15H2. The summed E-state index contributed by atoms with van der Waals surface area (Å²) in [7, 11) is 0. The van der Waals surface area contributed by atoms with Gasteiger partial charge in [0.2, 0.25) is 0 Å². The predicted molar refractivity (Wildman–Crippen MR) is 107 cm³/mol. The Morgan fingerprint density at radius 1 is 0.893 bits per heavy atom. The van der Waals surface area contributed by atoms with Crippen molar-refractivity contribution in [3.8, 4) is 5.75 Å². The van der Waals surface area contributed by atoms with Crippen molar-refractivity contribution in [2.24, 2.45) is 15.2 Å². The number of carbonyl (C=O) groups is 2. The maximum absolute atomic E-state index is 11.8. The van der Waals surface area contributed by atoms with Crippen LogP contribution in [0.1, 0.15) is 19.3 Å². The number of esters is 2. The lowest BCUT2D eigenvalue weighted by molar-refractivity contribution is -0.137. The molecule has 0 aliphatic rings. The van der Waals surface area contributed by atoms with E-state index < -0.39 is 5.97 Å². The number of nitrogens with zero attached hydrogens (tertiary/aromatic N) is 3. The zero-order chi connectivity index (χ0) is 20.2. The van der Waals surface area contributed by atoms with E-state index in [2.05, 4.69) is 28.5 Å². The fraction of sp³-hybridized carbons (Fsp3) is 0.190. The molecule has 144 valence electrons. The number of benzene rings is 2. The molecule has 0 aliphatic heterocycles. The van der Waals surface area contributed by atoms with Crippen LogP contribution in [-0.2, 0) is 14.3 Å². The number of carbonyl (C=O) groups excluding carboxylic acids is 2. The third-order valence-corrected chi connectivity index (χ3v) is 3.57. The maximum atomic E-state index is 11.8. The molecule has 0 heterocycles. The van der Waals surface area contributed by atoms with Gasteiger partial charge in [-0.15, -0.1) is 0 Å². The molecule has 0 saturated carbocycles. The number of rotatable bonds is 10. The largest absolute Gasteiger partial charge is 0.463 e. The molecular weight excluding hydrogens is 358 g/mol. The van der Waals surface area contributed by atoms with Gasteiger partial charge < -0.3 is 9.47 Å². The van der Waals surface area contributed by atoms with E-state index in [1.807, 2.05) is 0 Å². The second-order valence-electron chi connectivity index (χ2n) is 5.67. The Bertz CT molecular complexity index is 843. The molecule has 0 unspecified atom stereocenters. The van der Waals surface area contributed by atoms with E-state index in [1.54, 1.807) is 48.5 Å². The van der Waals surface area contributed by atoms with Crippen molar-refractivity contribution in [3.05, 3.63) is 61.2 Å². The van der Waals surface area contributed by atoms with Crippen LogP contribution < -0.4 is 4.74 Å². The van der Waals surface area contributed by atoms with Crippen molar-refractivity contribution in [2.75, 3.05) is 6.61 Å². The van der Waals surface area contributed by atoms with Gasteiger partial charge in [-0.1, -0.05) is 6.58 Å². The van der Waals surface area contributed by atoms with Crippen LogP contribution in [0, 0.1) is 0 Å². The van der Waals surface area contributed by atoms with Gasteiger partial charge in [0.05, 0.1) is 23.7 Å². The first-order valence-corrected chi connectivity index (χ1v) is 8.69. The van der Waals surface area contributed by atoms with Crippen molar-refractivity contribution in [1.29, 1.82) is 0 Å². The molecule has 0 spiro atoms. The molecule has 28 heavy (non-hydrogen) atoms. The molecule has 2 aromatic rings. The summed E-state index contributed by atoms with van der Waals surface area (Å²) in [5.74, 6) is -0.380. The molecule has 0 fully saturated rings. The zero-order valence-corrected chi connectivity index (χ0v) is 15.4. The minimum absolute atomic E-state index is 0.239. The van der Waals surface area contributed by atoms with Crippen molar-refractivity contribution in [1.82, 2.24) is 0 Å². The third-order valence-electron chi connectivity index (χ3n) is 3.57. The molecule has 0 aliphatic carbocycles. The summed E-state index contributed by atoms with van der Waals surface area (Å²) >= 11 is 0. The van der Waals surface area contributed by atoms with Crippen LogP contribution in [0.15, 0.2) is 76.4 Å². The monoisotopic (exact) mass is 379 g/mol. The van der Waals surface area contributed by atoms with Crippen molar-refractivity contribution in [3.63, 3.8) is 0 Å². The summed E-state index contributed by atoms with van der Waals surface area (Å²) in [5, 5.41) is 8.27. The highest BCUT2D eigenvalue weighted by molar-refractivity contribution is 5.81. The molecular formula is C21H21N3O4. The Labute approximate surface area is 163 Å². The zero-order valence-electron chi connectivity index (χ0n) is 15.4. The highest BCUT2D eigenvalue weighted by atomic mass is 16.5. The van der Waals surface area contributed by atoms with Crippen LogP contribution >= 0.6 is 0 Å². The Kier molecular flexibility index (Phi) is 8.26. The molecule has 0 bridgehead atoms. The van der Waals surface area contributed by atoms with Crippen LogP contribution in [0.4, 0.5) is 17.1 Å². The minimum atomic E-state index is -0.467. The predicted octanol–water partition coefficient (Wildman–Crippen LogP) is 5.24. The van der Waals surface area contributed by atoms with Crippen LogP contribution in [0.25, 0.3) is 0 Å². The number of ether oxygens (including phenoxy) is 2. The normalized spacial score (nSPS) is 10.4. The van der Waals surface area contributed by atoms with Crippen molar-refractivity contribution < 1.29 is 19.1 Å². The molecule has 2 rings (SSSR count). The summed E-state index contributed by atoms with van der Waals surface area (Å²) in [6.07, 6.45) is 2.49. The lowest BCUT2D eigenvalue weighted by atomic mass is 10.2. The van der Waals surface area contributed by atoms with E-state index in [0.717, 1.165) is 11.8 Å². The van der Waals surface area contributed by atoms with Gasteiger partial charge in [0.1, 0.15) is 5.75 Å². The smallest absolute Gasteiger partial charge is 0.330 e. The maximum Gasteiger partial charge on any atom is 0.330 e. The second kappa shape index (κ2) is 11.2. The Balaban J connectivity index is 1.76. The van der Waals surface area contributed by atoms with Crippen molar-refractivity contribution >= 4 is 35.7 Å². The number of hydrogen-bond donors (Lipinski definition) is 0. The van der Waals surface area contributed by atoms with Gasteiger partial charge in [0.25, 0.3) is 0 Å². The summed E-state index contributed by atoms with van der Waals surface area (Å²) < 4.78 is 10.1. The fourth-order valence-corrected chi connectivity index (χ4v) is 2.11. The quantitative estimate of drug-likeness (QED) is 0.141. The first-order chi connectivity index (χ1) is 13.6. The van der Waals surface area contributed by atoms with Crippen LogP contribution in [0.5, 0.6) is 5.75 Å². The molecule has 2 aromatic carbocycles. The van der Waals surface area contributed by atoms with Gasteiger partial charge in [-0.05, 0) is 68.1 Å². The molecule has 7 nitrogen and oxygen atoms in total. The van der Waals surface area contributed by atoms with E-state index in [9.17, 15) is 9.59 Å². The van der Waals surface area contributed by atoms with Gasteiger partial charge in [0.15, 0.2) is 0 Å². The topological polar surface area (TPSA) is 89.7 Å². The minimum Gasteiger partial charge on any atom is -0.463 e. The van der Waals surface area contributed by atoms with Gasteiger partial charge in [-0.25, -0.2) is 4.79 Å². The molecule has 0 atom stereocenters. The lowest BCUT2D eigenvalue weighted by Crippen LogP contribution is -2.08. The average molecular weight is 379 g/mol. The van der Waals surface area contributed by atoms with Gasteiger partial charge in [0, 0.05) is 12.5 Å². The SMILES string of the molecule is C=CC(=O)OCCCCC(=O)Oc1ccc(N=Nc2ccc(N=C)cc2)cc1. The van der Waals surface area contributed by atoms with Crippen LogP contribution in [-0.4, -0.2) is 25.3 Å². The van der Waals surface area contributed by atoms with Gasteiger partial charge in [-0.3, -0.25) is 9.79 Å². The molecule has 0 radical (unpaired) electrons. The van der Waals surface area contributed by atoms with E-state index >= 15 is 0 Å². The molecule has 0 N–H and O–H groups in total. The van der Waals surface area contributed by atoms with Crippen molar-refractivity contribution in [2.45, 2.75) is 19.3 Å². The van der Waals surface area contributed by atoms with Gasteiger partial charge in [-0.2, -0.15) is 10.2 Å². The van der Waals surface area contributed by atoms with Crippen LogP contribution in [0.3, 0.4) is 0 Å². The van der Waals surface area contributed by atoms with E-state index in [-0.39, 0.29) is 19.0 Å². The molecule has 0 saturated heterocycles. The van der Waals surface area contributed by atoms with E-state index in [1.165, 1.54) is 0 Å². The summed E-state index contributed by atoms with van der Waals surface area (Å²) in [5.41, 5.74) is 2.10. The Morgan fingerprint density at radius 2 is 1.46 bits per heavy atom. The highest BCUT2D eigenvalue weighted by Crippen LogP contribution is 2.23. The van der Waals surface area contributed by atoms with Gasteiger partial charge >= 0.3 is 11.9 Å². The number of unbranched alkanes of at least 4 members (excludes halogenated alkanes) is 1. The molecule has 0 aromatic heterocycles. The summed E-state index contributed by atoms with van der Waals surface area (Å²) in [6.45, 7) is 7.02. The van der Waals surface area contributed by atoms with Crippen LogP contribution in [0.2, 0.25) is 0 Å². The summed E-state index contributed by atoms with van der Waals surface area (Å²) in [4.78, 5) is 26.5. The fourth-order valence-electron chi connectivity index (χ4n) is 2.11. The highest BCUT2D eigenvalue weighted by Gasteiger charge is 2.05. The first kappa shape index (κ1) is 20.7. The summed E-state index contributed by atoms with van der Waals surface area (Å²) in [6, 6.07) is 13.9. The van der Waals surface area contributed by atoms with E-state index in [0.29, 0.717) is 30.0 Å². The average Bonchev–Trinajstić information content (AvgIpc) is 2.73. The molecule has 7 heteroatoms. The Hall–Kier alpha value is -3.61. The third kappa shape index (κ3) is 7.33. The van der Waals surface area contributed by atoms with E-state index in [4.69, 9.17) is 9.47 Å². The first-order valence-electron chi connectivity index (χ1n) is 8.69.